The molecule has 0 spiro atoms. The molecule has 0 N–H and O–H groups in total. The van der Waals surface area contributed by atoms with E-state index in [1.54, 1.807) is 6.92 Å². The Bertz CT molecular complexity index is 718. The fourth-order valence-electron chi connectivity index (χ4n) is 2.51. The van der Waals surface area contributed by atoms with Crippen molar-refractivity contribution in [3.8, 4) is 11.1 Å². The highest BCUT2D eigenvalue weighted by Crippen LogP contribution is 2.41. The summed E-state index contributed by atoms with van der Waals surface area (Å²) in [4.78, 5) is 11.3. The number of Topliss-reactive ketones (excluding diaryl/α,β-unsaturated/α-hetero) is 1. The molecule has 1 radical (unpaired) electrons. The molecule has 1 nitrogen and oxygen atoms in total. The highest BCUT2D eigenvalue weighted by molar-refractivity contribution is 6.17. The van der Waals surface area contributed by atoms with E-state index >= 15 is 0 Å². The summed E-state index contributed by atoms with van der Waals surface area (Å²) in [5.74, 6) is 0.155. The molecule has 0 fully saturated rings. The average molecular weight is 261 g/mol. The maximum Gasteiger partial charge on any atom is 0.156 e. The Morgan fingerprint density at radius 2 is 1.55 bits per heavy atom. The van der Waals surface area contributed by atoms with Gasteiger partial charge in [0.15, 0.2) is 5.78 Å². The van der Waals surface area contributed by atoms with Crippen LogP contribution in [-0.2, 0) is 4.79 Å². The van der Waals surface area contributed by atoms with E-state index in [1.807, 2.05) is 6.42 Å². The fraction of sp³-hybridized carbons (Fsp3) is 0.158. The lowest BCUT2D eigenvalue weighted by molar-refractivity contribution is -0.113. The molecule has 0 unspecified atom stereocenters. The number of carbonyl (C=O) groups is 1. The van der Waals surface area contributed by atoms with Gasteiger partial charge in [-0.15, -0.1) is 0 Å². The third-order valence-electron chi connectivity index (χ3n) is 3.78. The molecular formula is C19H17O. The van der Waals surface area contributed by atoms with Crippen molar-refractivity contribution in [2.24, 2.45) is 0 Å². The molecule has 0 amide bonds. The summed E-state index contributed by atoms with van der Waals surface area (Å²) in [6, 6.07) is 15.0. The van der Waals surface area contributed by atoms with E-state index in [0.29, 0.717) is 0 Å². The Morgan fingerprint density at radius 3 is 2.10 bits per heavy atom. The number of hydrogen-bond acceptors (Lipinski definition) is 1. The first-order chi connectivity index (χ1) is 9.56. The van der Waals surface area contributed by atoms with Crippen molar-refractivity contribution in [2.45, 2.75) is 20.8 Å². The highest BCUT2D eigenvalue weighted by atomic mass is 16.1. The molecule has 3 rings (SSSR count). The molecule has 1 heteroatoms. The van der Waals surface area contributed by atoms with Crippen molar-refractivity contribution in [2.75, 3.05) is 0 Å². The molecule has 99 valence electrons. The predicted molar refractivity (Wildman–Crippen MR) is 83.3 cm³/mol. The summed E-state index contributed by atoms with van der Waals surface area (Å²) < 4.78 is 0. The Balaban J connectivity index is 1.96. The van der Waals surface area contributed by atoms with Gasteiger partial charge in [-0.2, -0.15) is 0 Å². The first-order valence-electron chi connectivity index (χ1n) is 6.84. The Kier molecular flexibility index (Phi) is 3.06. The maximum absolute atomic E-state index is 11.3. The first kappa shape index (κ1) is 12.9. The molecule has 0 aliphatic heterocycles. The van der Waals surface area contributed by atoms with Crippen LogP contribution in [0.2, 0.25) is 0 Å². The van der Waals surface area contributed by atoms with Gasteiger partial charge in [0.2, 0.25) is 0 Å². The van der Waals surface area contributed by atoms with E-state index in [2.05, 4.69) is 56.3 Å². The van der Waals surface area contributed by atoms with Gasteiger partial charge in [0.1, 0.15) is 0 Å². The largest absolute Gasteiger partial charge is 0.295 e. The number of benzene rings is 2. The van der Waals surface area contributed by atoms with E-state index in [9.17, 15) is 4.79 Å². The third-order valence-corrected chi connectivity index (χ3v) is 3.78. The summed E-state index contributed by atoms with van der Waals surface area (Å²) in [6.07, 6.45) is 1.97. The number of rotatable bonds is 3. The quantitative estimate of drug-likeness (QED) is 0.793. The molecule has 2 aromatic carbocycles. The predicted octanol–water partition coefficient (Wildman–Crippen LogP) is 4.53. The van der Waals surface area contributed by atoms with Gasteiger partial charge in [-0.25, -0.2) is 0 Å². The lowest BCUT2D eigenvalue weighted by atomic mass is 9.98. The van der Waals surface area contributed by atoms with Crippen LogP contribution in [0.15, 0.2) is 48.0 Å². The number of ketones is 1. The summed E-state index contributed by atoms with van der Waals surface area (Å²) in [5.41, 5.74) is 8.08. The second-order valence-electron chi connectivity index (χ2n) is 5.42. The van der Waals surface area contributed by atoms with Crippen molar-refractivity contribution in [1.82, 2.24) is 0 Å². The summed E-state index contributed by atoms with van der Waals surface area (Å²) in [7, 11) is 0. The molecule has 0 bridgehead atoms. The molecule has 1 aliphatic rings. The SMILES string of the molecule is CC(=O)C1=C(c2ccc(-c3ccc(C)cc3)cc2C)[CH]1. The second-order valence-corrected chi connectivity index (χ2v) is 5.42. The van der Waals surface area contributed by atoms with Crippen LogP contribution in [-0.4, -0.2) is 5.78 Å². The minimum absolute atomic E-state index is 0.155. The molecule has 0 saturated heterocycles. The van der Waals surface area contributed by atoms with Crippen LogP contribution >= 0.6 is 0 Å². The van der Waals surface area contributed by atoms with Gasteiger partial charge in [0.05, 0.1) is 0 Å². The van der Waals surface area contributed by atoms with Crippen molar-refractivity contribution >= 4 is 11.4 Å². The van der Waals surface area contributed by atoms with Crippen molar-refractivity contribution < 1.29 is 4.79 Å². The zero-order chi connectivity index (χ0) is 14.3. The van der Waals surface area contributed by atoms with Gasteiger partial charge >= 0.3 is 0 Å². The third kappa shape index (κ3) is 2.32. The van der Waals surface area contributed by atoms with Gasteiger partial charge < -0.3 is 0 Å². The van der Waals surface area contributed by atoms with Gasteiger partial charge in [0.25, 0.3) is 0 Å². The summed E-state index contributed by atoms with van der Waals surface area (Å²) in [5, 5.41) is 0. The minimum atomic E-state index is 0.155. The van der Waals surface area contributed by atoms with Crippen molar-refractivity contribution in [3.63, 3.8) is 0 Å². The minimum Gasteiger partial charge on any atom is -0.295 e. The van der Waals surface area contributed by atoms with Crippen LogP contribution < -0.4 is 0 Å². The van der Waals surface area contributed by atoms with Crippen LogP contribution in [0.3, 0.4) is 0 Å². The average Bonchev–Trinajstić information content (AvgIpc) is 3.20. The standard InChI is InChI=1S/C19H17O/c1-12-4-6-15(7-5-12)16-8-9-17(13(2)10-16)19-11-18(19)14(3)20/h4-11H,1-3H3. The van der Waals surface area contributed by atoms with E-state index in [0.717, 1.165) is 11.1 Å². The fourth-order valence-corrected chi connectivity index (χ4v) is 2.51. The maximum atomic E-state index is 11.3. The Hall–Kier alpha value is -2.15. The van der Waals surface area contributed by atoms with E-state index < -0.39 is 0 Å². The molecule has 0 atom stereocenters. The Labute approximate surface area is 120 Å². The number of carbonyl (C=O) groups excluding carboxylic acids is 1. The van der Waals surface area contributed by atoms with Crippen molar-refractivity contribution in [1.29, 1.82) is 0 Å². The van der Waals surface area contributed by atoms with Crippen LogP contribution in [0, 0.1) is 20.3 Å². The number of allylic oxidation sites excluding steroid dienone is 2. The lowest BCUT2D eigenvalue weighted by Gasteiger charge is -2.07. The van der Waals surface area contributed by atoms with Gasteiger partial charge in [-0.05, 0) is 48.6 Å². The molecule has 0 heterocycles. The first-order valence-corrected chi connectivity index (χ1v) is 6.84. The van der Waals surface area contributed by atoms with Crippen LogP contribution in [0.25, 0.3) is 16.7 Å². The molecule has 1 aliphatic carbocycles. The van der Waals surface area contributed by atoms with Crippen LogP contribution in [0.4, 0.5) is 0 Å². The molecule has 2 aromatic rings. The molecule has 0 saturated carbocycles. The zero-order valence-electron chi connectivity index (χ0n) is 12.0. The van der Waals surface area contributed by atoms with E-state index in [-0.39, 0.29) is 5.78 Å². The van der Waals surface area contributed by atoms with Crippen LogP contribution in [0.5, 0.6) is 0 Å². The lowest BCUT2D eigenvalue weighted by Crippen LogP contribution is -1.86. The highest BCUT2D eigenvalue weighted by Gasteiger charge is 2.28. The topological polar surface area (TPSA) is 17.1 Å². The summed E-state index contributed by atoms with van der Waals surface area (Å²) in [6.45, 7) is 5.82. The zero-order valence-corrected chi connectivity index (χ0v) is 12.0. The van der Waals surface area contributed by atoms with E-state index in [1.165, 1.54) is 27.8 Å². The van der Waals surface area contributed by atoms with E-state index in [4.69, 9.17) is 0 Å². The molecular weight excluding hydrogens is 244 g/mol. The normalized spacial score (nSPS) is 13.6. The van der Waals surface area contributed by atoms with Gasteiger partial charge in [-0.3, -0.25) is 4.79 Å². The van der Waals surface area contributed by atoms with Gasteiger partial charge in [0, 0.05) is 12.0 Å². The number of aryl methyl sites for hydroxylation is 2. The van der Waals surface area contributed by atoms with Crippen molar-refractivity contribution in [3.05, 3.63) is 71.1 Å². The smallest absolute Gasteiger partial charge is 0.156 e. The Morgan fingerprint density at radius 1 is 0.900 bits per heavy atom. The molecule has 20 heavy (non-hydrogen) atoms. The second kappa shape index (κ2) is 4.75. The van der Waals surface area contributed by atoms with Crippen LogP contribution in [0.1, 0.15) is 23.6 Å². The molecule has 0 aromatic heterocycles. The number of hydrogen-bond donors (Lipinski definition) is 0. The summed E-state index contributed by atoms with van der Waals surface area (Å²) >= 11 is 0. The monoisotopic (exact) mass is 261 g/mol. The van der Waals surface area contributed by atoms with Gasteiger partial charge in [-0.1, -0.05) is 48.0 Å².